The molecule has 0 saturated heterocycles. The lowest BCUT2D eigenvalue weighted by molar-refractivity contribution is 0.0600. The predicted molar refractivity (Wildman–Crippen MR) is 93.8 cm³/mol. The third-order valence-electron chi connectivity index (χ3n) is 3.58. The molecular formula is C18H17N3O2S. The summed E-state index contributed by atoms with van der Waals surface area (Å²) in [5.41, 5.74) is 2.62. The van der Waals surface area contributed by atoms with E-state index in [1.165, 1.54) is 7.11 Å². The van der Waals surface area contributed by atoms with Crippen LogP contribution in [0.25, 0.3) is 11.4 Å². The Hall–Kier alpha value is -2.60. The summed E-state index contributed by atoms with van der Waals surface area (Å²) in [6.07, 6.45) is 0. The lowest BCUT2D eigenvalue weighted by Gasteiger charge is -2.05. The normalized spacial score (nSPS) is 10.6. The second-order valence-electron chi connectivity index (χ2n) is 5.21. The molecule has 0 unspecified atom stereocenters. The van der Waals surface area contributed by atoms with E-state index in [1.807, 2.05) is 60.1 Å². The standard InChI is InChI=1S/C18H17N3O2S/c1-21-16(14-8-4-3-5-9-14)19-20-18(21)24-12-13-7-6-10-15(11-13)17(22)23-2/h3-11H,12H2,1-2H3. The highest BCUT2D eigenvalue weighted by Gasteiger charge is 2.12. The Bertz CT molecular complexity index is 846. The number of nitrogens with zero attached hydrogens (tertiary/aromatic N) is 3. The van der Waals surface area contributed by atoms with Gasteiger partial charge in [-0.2, -0.15) is 0 Å². The first-order chi connectivity index (χ1) is 11.7. The number of rotatable bonds is 5. The molecule has 0 aliphatic carbocycles. The van der Waals surface area contributed by atoms with E-state index in [1.54, 1.807) is 17.8 Å². The molecule has 3 aromatic rings. The van der Waals surface area contributed by atoms with Crippen LogP contribution in [0.3, 0.4) is 0 Å². The zero-order chi connectivity index (χ0) is 16.9. The number of carbonyl (C=O) groups is 1. The van der Waals surface area contributed by atoms with Gasteiger partial charge < -0.3 is 9.30 Å². The molecule has 0 fully saturated rings. The molecular weight excluding hydrogens is 322 g/mol. The Morgan fingerprint density at radius 1 is 1.12 bits per heavy atom. The van der Waals surface area contributed by atoms with Gasteiger partial charge in [-0.3, -0.25) is 0 Å². The fourth-order valence-electron chi connectivity index (χ4n) is 2.33. The van der Waals surface area contributed by atoms with Crippen LogP contribution in [0.1, 0.15) is 15.9 Å². The Labute approximate surface area is 144 Å². The molecule has 6 heteroatoms. The van der Waals surface area contributed by atoms with Gasteiger partial charge in [0.15, 0.2) is 11.0 Å². The third kappa shape index (κ3) is 3.49. The molecule has 1 aromatic heterocycles. The SMILES string of the molecule is COC(=O)c1cccc(CSc2nnc(-c3ccccc3)n2C)c1. The summed E-state index contributed by atoms with van der Waals surface area (Å²) in [5, 5.41) is 9.37. The first-order valence-corrected chi connectivity index (χ1v) is 8.42. The van der Waals surface area contributed by atoms with Gasteiger partial charge >= 0.3 is 5.97 Å². The van der Waals surface area contributed by atoms with E-state index in [2.05, 4.69) is 10.2 Å². The average Bonchev–Trinajstić information content (AvgIpc) is 3.01. The van der Waals surface area contributed by atoms with Gasteiger partial charge in [-0.15, -0.1) is 10.2 Å². The Balaban J connectivity index is 1.74. The molecule has 0 bridgehead atoms. The molecule has 0 N–H and O–H groups in total. The maximum atomic E-state index is 11.6. The summed E-state index contributed by atoms with van der Waals surface area (Å²) in [6.45, 7) is 0. The Morgan fingerprint density at radius 3 is 2.67 bits per heavy atom. The summed E-state index contributed by atoms with van der Waals surface area (Å²) < 4.78 is 6.73. The van der Waals surface area contributed by atoms with Gasteiger partial charge in [-0.05, 0) is 17.7 Å². The van der Waals surface area contributed by atoms with E-state index in [-0.39, 0.29) is 5.97 Å². The first-order valence-electron chi connectivity index (χ1n) is 7.44. The quantitative estimate of drug-likeness (QED) is 0.525. The monoisotopic (exact) mass is 339 g/mol. The topological polar surface area (TPSA) is 57.0 Å². The smallest absolute Gasteiger partial charge is 0.337 e. The second kappa shape index (κ2) is 7.31. The van der Waals surface area contributed by atoms with Gasteiger partial charge in [-0.1, -0.05) is 54.2 Å². The fourth-order valence-corrected chi connectivity index (χ4v) is 3.19. The number of methoxy groups -OCH3 is 1. The summed E-state index contributed by atoms with van der Waals surface area (Å²) in [6, 6.07) is 17.4. The summed E-state index contributed by atoms with van der Waals surface area (Å²) >= 11 is 1.58. The van der Waals surface area contributed by atoms with Gasteiger partial charge in [0.25, 0.3) is 0 Å². The van der Waals surface area contributed by atoms with Crippen LogP contribution in [0.15, 0.2) is 59.8 Å². The maximum absolute atomic E-state index is 11.6. The van der Waals surface area contributed by atoms with Gasteiger partial charge in [-0.25, -0.2) is 4.79 Å². The van der Waals surface area contributed by atoms with Gasteiger partial charge in [0.2, 0.25) is 0 Å². The van der Waals surface area contributed by atoms with E-state index in [0.29, 0.717) is 11.3 Å². The van der Waals surface area contributed by atoms with Crippen LogP contribution >= 0.6 is 11.8 Å². The Kier molecular flexibility index (Phi) is 4.96. The van der Waals surface area contributed by atoms with Crippen LogP contribution in [-0.2, 0) is 17.5 Å². The van der Waals surface area contributed by atoms with Crippen molar-refractivity contribution in [3.8, 4) is 11.4 Å². The second-order valence-corrected chi connectivity index (χ2v) is 6.15. The Morgan fingerprint density at radius 2 is 1.92 bits per heavy atom. The van der Waals surface area contributed by atoms with Crippen molar-refractivity contribution in [2.75, 3.05) is 7.11 Å². The summed E-state index contributed by atoms with van der Waals surface area (Å²) in [5.74, 6) is 1.21. The number of ether oxygens (including phenoxy) is 1. The predicted octanol–water partition coefficient (Wildman–Crippen LogP) is 3.56. The molecule has 24 heavy (non-hydrogen) atoms. The molecule has 0 amide bonds. The van der Waals surface area contributed by atoms with Crippen LogP contribution in [-0.4, -0.2) is 27.8 Å². The third-order valence-corrected chi connectivity index (χ3v) is 4.67. The van der Waals surface area contributed by atoms with E-state index >= 15 is 0 Å². The van der Waals surface area contributed by atoms with Gasteiger partial charge in [0.1, 0.15) is 0 Å². The molecule has 2 aromatic carbocycles. The van der Waals surface area contributed by atoms with E-state index in [9.17, 15) is 4.79 Å². The molecule has 0 aliphatic rings. The highest BCUT2D eigenvalue weighted by Crippen LogP contribution is 2.25. The molecule has 5 nitrogen and oxygen atoms in total. The van der Waals surface area contributed by atoms with Crippen molar-refractivity contribution < 1.29 is 9.53 Å². The lowest BCUT2D eigenvalue weighted by Crippen LogP contribution is -2.01. The highest BCUT2D eigenvalue weighted by molar-refractivity contribution is 7.98. The van der Waals surface area contributed by atoms with Crippen molar-refractivity contribution in [3.63, 3.8) is 0 Å². The summed E-state index contributed by atoms with van der Waals surface area (Å²) in [7, 11) is 3.34. The number of carbonyl (C=O) groups excluding carboxylic acids is 1. The molecule has 0 radical (unpaired) electrons. The number of esters is 1. The van der Waals surface area contributed by atoms with Crippen LogP contribution in [0, 0.1) is 0 Å². The zero-order valence-electron chi connectivity index (χ0n) is 13.5. The van der Waals surface area contributed by atoms with Crippen molar-refractivity contribution in [2.24, 2.45) is 7.05 Å². The van der Waals surface area contributed by atoms with E-state index in [0.717, 1.165) is 22.1 Å². The zero-order valence-corrected chi connectivity index (χ0v) is 14.3. The number of benzene rings is 2. The molecule has 1 heterocycles. The fraction of sp³-hybridized carbons (Fsp3) is 0.167. The molecule has 0 saturated carbocycles. The number of thioether (sulfide) groups is 1. The van der Waals surface area contributed by atoms with Crippen molar-refractivity contribution >= 4 is 17.7 Å². The molecule has 0 atom stereocenters. The number of aromatic nitrogens is 3. The minimum atomic E-state index is -0.327. The minimum Gasteiger partial charge on any atom is -0.465 e. The van der Waals surface area contributed by atoms with Crippen molar-refractivity contribution in [1.29, 1.82) is 0 Å². The highest BCUT2D eigenvalue weighted by atomic mass is 32.2. The van der Waals surface area contributed by atoms with Gasteiger partial charge in [0, 0.05) is 18.4 Å². The van der Waals surface area contributed by atoms with Gasteiger partial charge in [0.05, 0.1) is 12.7 Å². The largest absolute Gasteiger partial charge is 0.465 e. The lowest BCUT2D eigenvalue weighted by atomic mass is 10.1. The van der Waals surface area contributed by atoms with E-state index in [4.69, 9.17) is 4.74 Å². The molecule has 0 spiro atoms. The first kappa shape index (κ1) is 16.3. The number of hydrogen-bond donors (Lipinski definition) is 0. The molecule has 0 aliphatic heterocycles. The van der Waals surface area contributed by atoms with Crippen LogP contribution < -0.4 is 0 Å². The molecule has 3 rings (SSSR count). The van der Waals surface area contributed by atoms with Crippen LogP contribution in [0.5, 0.6) is 0 Å². The van der Waals surface area contributed by atoms with Crippen LogP contribution in [0.2, 0.25) is 0 Å². The average molecular weight is 339 g/mol. The summed E-state index contributed by atoms with van der Waals surface area (Å²) in [4.78, 5) is 11.6. The van der Waals surface area contributed by atoms with Crippen molar-refractivity contribution in [3.05, 3.63) is 65.7 Å². The van der Waals surface area contributed by atoms with E-state index < -0.39 is 0 Å². The minimum absolute atomic E-state index is 0.327. The van der Waals surface area contributed by atoms with Crippen LogP contribution in [0.4, 0.5) is 0 Å². The van der Waals surface area contributed by atoms with Crippen molar-refractivity contribution in [2.45, 2.75) is 10.9 Å². The maximum Gasteiger partial charge on any atom is 0.337 e. The van der Waals surface area contributed by atoms with Crippen molar-refractivity contribution in [1.82, 2.24) is 14.8 Å². The number of hydrogen-bond acceptors (Lipinski definition) is 5. The molecule has 122 valence electrons.